The van der Waals surface area contributed by atoms with Crippen molar-refractivity contribution in [2.75, 3.05) is 6.61 Å². The molecule has 8 atom stereocenters. The Kier molecular flexibility index (Phi) is 6.33. The smallest absolute Gasteiger partial charge is 0.159 e. The van der Waals surface area contributed by atoms with E-state index < -0.39 is 0 Å². The van der Waals surface area contributed by atoms with Crippen molar-refractivity contribution in [3.8, 4) is 0 Å². The molecule has 5 unspecified atom stereocenters. The molecule has 3 heteroatoms. The molecule has 4 aliphatic rings. The fraction of sp³-hybridized carbons (Fsp3) is 0.821. The van der Waals surface area contributed by atoms with Crippen molar-refractivity contribution >= 4 is 5.78 Å². The van der Waals surface area contributed by atoms with Gasteiger partial charge in [-0.15, -0.1) is 0 Å². The van der Waals surface area contributed by atoms with E-state index in [-0.39, 0.29) is 41.2 Å². The Balaban J connectivity index is 1.57. The zero-order valence-electron chi connectivity index (χ0n) is 20.2. The van der Waals surface area contributed by atoms with Gasteiger partial charge in [0.15, 0.2) is 5.78 Å². The summed E-state index contributed by atoms with van der Waals surface area (Å²) in [7, 11) is 0. The van der Waals surface area contributed by atoms with Gasteiger partial charge in [0.2, 0.25) is 0 Å². The van der Waals surface area contributed by atoms with E-state index in [1.54, 1.807) is 0 Å². The molecule has 0 aromatic heterocycles. The van der Waals surface area contributed by atoms with Crippen LogP contribution in [-0.4, -0.2) is 28.7 Å². The highest BCUT2D eigenvalue weighted by Crippen LogP contribution is 2.66. The van der Waals surface area contributed by atoms with Gasteiger partial charge < -0.3 is 10.2 Å². The molecule has 4 aliphatic carbocycles. The van der Waals surface area contributed by atoms with Gasteiger partial charge in [-0.2, -0.15) is 0 Å². The number of aliphatic hydroxyl groups is 2. The maximum Gasteiger partial charge on any atom is 0.159 e. The van der Waals surface area contributed by atoms with Gasteiger partial charge in [0.25, 0.3) is 0 Å². The minimum absolute atomic E-state index is 0.0627. The fourth-order valence-corrected chi connectivity index (χ4v) is 8.37. The van der Waals surface area contributed by atoms with Crippen LogP contribution in [0.4, 0.5) is 0 Å². The summed E-state index contributed by atoms with van der Waals surface area (Å²) in [5.41, 5.74) is 2.36. The van der Waals surface area contributed by atoms with Gasteiger partial charge in [-0.1, -0.05) is 45.4 Å². The van der Waals surface area contributed by atoms with Crippen molar-refractivity contribution in [3.63, 3.8) is 0 Å². The third-order valence-electron chi connectivity index (χ3n) is 10.4. The summed E-state index contributed by atoms with van der Waals surface area (Å²) >= 11 is 0. The summed E-state index contributed by atoms with van der Waals surface area (Å²) in [6.45, 7) is 13.8. The minimum atomic E-state index is -0.360. The van der Waals surface area contributed by atoms with Gasteiger partial charge in [0, 0.05) is 11.3 Å². The van der Waals surface area contributed by atoms with E-state index in [9.17, 15) is 15.0 Å². The predicted octanol–water partition coefficient (Wildman–Crippen LogP) is 5.71. The SMILES string of the molecule is C=C(CCC(C)C1CCC2C3C(=O)C=C4C[C@@H](O)CC[C@]4(CO)C3CC[C@]12C)C(C)C. The van der Waals surface area contributed by atoms with Crippen molar-refractivity contribution in [1.29, 1.82) is 0 Å². The Hall–Kier alpha value is -0.930. The lowest BCUT2D eigenvalue weighted by atomic mass is 9.46. The van der Waals surface area contributed by atoms with E-state index in [0.29, 0.717) is 30.1 Å². The Morgan fingerprint density at radius 1 is 1.16 bits per heavy atom. The van der Waals surface area contributed by atoms with Crippen LogP contribution in [0.25, 0.3) is 0 Å². The molecular formula is C28H44O3. The molecule has 0 saturated heterocycles. The first kappa shape index (κ1) is 23.2. The average molecular weight is 429 g/mol. The second-order valence-corrected chi connectivity index (χ2v) is 12.1. The van der Waals surface area contributed by atoms with Crippen LogP contribution in [0, 0.1) is 46.3 Å². The van der Waals surface area contributed by atoms with Gasteiger partial charge in [-0.25, -0.2) is 0 Å². The first-order valence-electron chi connectivity index (χ1n) is 12.9. The number of aliphatic hydroxyl groups excluding tert-OH is 2. The van der Waals surface area contributed by atoms with Gasteiger partial charge >= 0.3 is 0 Å². The van der Waals surface area contributed by atoms with Crippen LogP contribution in [0.3, 0.4) is 0 Å². The first-order chi connectivity index (χ1) is 14.6. The van der Waals surface area contributed by atoms with Gasteiger partial charge in [0.05, 0.1) is 12.7 Å². The van der Waals surface area contributed by atoms with E-state index >= 15 is 0 Å². The number of allylic oxidation sites excluding steroid dienone is 2. The van der Waals surface area contributed by atoms with Gasteiger partial charge in [-0.3, -0.25) is 4.79 Å². The number of carbonyl (C=O) groups excluding carboxylic acids is 1. The monoisotopic (exact) mass is 428 g/mol. The van der Waals surface area contributed by atoms with E-state index in [4.69, 9.17) is 0 Å². The normalized spacial score (nSPS) is 43.1. The molecule has 0 aromatic rings. The number of hydrogen-bond donors (Lipinski definition) is 2. The summed E-state index contributed by atoms with van der Waals surface area (Å²) in [4.78, 5) is 13.4. The minimum Gasteiger partial charge on any atom is -0.395 e. The average Bonchev–Trinajstić information content (AvgIpc) is 3.08. The number of rotatable bonds is 6. The van der Waals surface area contributed by atoms with E-state index in [2.05, 4.69) is 34.3 Å². The fourth-order valence-electron chi connectivity index (χ4n) is 8.37. The van der Waals surface area contributed by atoms with Crippen molar-refractivity contribution in [2.24, 2.45) is 46.3 Å². The molecule has 3 nitrogen and oxygen atoms in total. The highest BCUT2D eigenvalue weighted by atomic mass is 16.3. The van der Waals surface area contributed by atoms with Crippen LogP contribution in [0.15, 0.2) is 23.8 Å². The van der Waals surface area contributed by atoms with Crippen molar-refractivity contribution in [3.05, 3.63) is 23.8 Å². The zero-order valence-corrected chi connectivity index (χ0v) is 20.2. The molecule has 3 saturated carbocycles. The lowest BCUT2D eigenvalue weighted by molar-refractivity contribution is -0.138. The van der Waals surface area contributed by atoms with Crippen molar-refractivity contribution in [2.45, 2.75) is 91.6 Å². The summed E-state index contributed by atoms with van der Waals surface area (Å²) in [5, 5.41) is 20.8. The van der Waals surface area contributed by atoms with Crippen LogP contribution >= 0.6 is 0 Å². The van der Waals surface area contributed by atoms with E-state index in [1.807, 2.05) is 6.08 Å². The highest BCUT2D eigenvalue weighted by molar-refractivity contribution is 5.94. The standard InChI is InChI=1S/C28H44O3/c1-17(2)18(3)6-7-19(4)22-8-9-23-26-24(11-12-27(22,23)5)28(16-29)13-10-21(30)14-20(28)15-25(26)31/h15,17,19,21-24,26,29-30H,3,6-14,16H2,1-2,4-5H3/t19?,21-,22?,23?,24?,26?,27+,28+/m0/s1. The molecule has 2 N–H and O–H groups in total. The Morgan fingerprint density at radius 3 is 2.58 bits per heavy atom. The molecule has 0 amide bonds. The maximum atomic E-state index is 13.4. The molecule has 4 rings (SSSR count). The molecule has 0 aromatic carbocycles. The summed E-state index contributed by atoms with van der Waals surface area (Å²) in [6, 6.07) is 0. The number of carbonyl (C=O) groups is 1. The quantitative estimate of drug-likeness (QED) is 0.533. The van der Waals surface area contributed by atoms with Crippen LogP contribution in [0.1, 0.15) is 85.5 Å². The van der Waals surface area contributed by atoms with Crippen LogP contribution in [0.5, 0.6) is 0 Å². The molecule has 0 bridgehead atoms. The summed E-state index contributed by atoms with van der Waals surface area (Å²) in [5.74, 6) is 2.93. The number of ketones is 1. The molecule has 0 aliphatic heterocycles. The lowest BCUT2D eigenvalue weighted by Crippen LogP contribution is -2.55. The Morgan fingerprint density at radius 2 is 1.90 bits per heavy atom. The first-order valence-corrected chi connectivity index (χ1v) is 12.9. The largest absolute Gasteiger partial charge is 0.395 e. The second kappa shape index (κ2) is 8.45. The summed E-state index contributed by atoms with van der Waals surface area (Å²) in [6.07, 6.45) is 10.5. The topological polar surface area (TPSA) is 57.5 Å². The van der Waals surface area contributed by atoms with E-state index in [0.717, 1.165) is 37.7 Å². The Labute approximate surface area is 189 Å². The van der Waals surface area contributed by atoms with Crippen LogP contribution in [0.2, 0.25) is 0 Å². The molecule has 174 valence electrons. The van der Waals surface area contributed by atoms with E-state index in [1.165, 1.54) is 24.8 Å². The van der Waals surface area contributed by atoms with Crippen molar-refractivity contribution in [1.82, 2.24) is 0 Å². The molecule has 3 fully saturated rings. The number of hydrogen-bond acceptors (Lipinski definition) is 3. The van der Waals surface area contributed by atoms with Crippen LogP contribution in [-0.2, 0) is 4.79 Å². The van der Waals surface area contributed by atoms with Crippen LogP contribution < -0.4 is 0 Å². The maximum absolute atomic E-state index is 13.4. The summed E-state index contributed by atoms with van der Waals surface area (Å²) < 4.78 is 0. The third kappa shape index (κ3) is 3.68. The van der Waals surface area contributed by atoms with Gasteiger partial charge in [-0.05, 0) is 98.9 Å². The lowest BCUT2D eigenvalue weighted by Gasteiger charge is -2.58. The second-order valence-electron chi connectivity index (χ2n) is 12.1. The predicted molar refractivity (Wildman–Crippen MR) is 125 cm³/mol. The number of fused-ring (bicyclic) bond motifs is 5. The van der Waals surface area contributed by atoms with Gasteiger partial charge in [0.1, 0.15) is 0 Å². The molecule has 31 heavy (non-hydrogen) atoms. The third-order valence-corrected chi connectivity index (χ3v) is 10.4. The molecule has 0 radical (unpaired) electrons. The highest BCUT2D eigenvalue weighted by Gasteiger charge is 2.62. The molecule has 0 spiro atoms. The molecule has 0 heterocycles. The zero-order chi connectivity index (χ0) is 22.6. The Bertz CT molecular complexity index is 751. The van der Waals surface area contributed by atoms with Crippen molar-refractivity contribution < 1.29 is 15.0 Å². The molecular weight excluding hydrogens is 384 g/mol.